The lowest BCUT2D eigenvalue weighted by Gasteiger charge is -2.46. The van der Waals surface area contributed by atoms with Crippen molar-refractivity contribution in [2.45, 2.75) is 78.2 Å². The van der Waals surface area contributed by atoms with Gasteiger partial charge in [-0.25, -0.2) is 0 Å². The average Bonchev–Trinajstić information content (AvgIpc) is 3.93. The summed E-state index contributed by atoms with van der Waals surface area (Å²) in [6.07, 6.45) is -0.312. The third kappa shape index (κ3) is 9.81. The molecule has 1 aliphatic heterocycles. The Hall–Kier alpha value is -4.21. The van der Waals surface area contributed by atoms with Crippen LogP contribution < -0.4 is 9.47 Å². The third-order valence-corrected chi connectivity index (χ3v) is 10.2. The minimum Gasteiger partial charge on any atom is -0.494 e. The highest BCUT2D eigenvalue weighted by Crippen LogP contribution is 2.45. The van der Waals surface area contributed by atoms with Crippen LogP contribution in [0.5, 0.6) is 11.5 Å². The number of esters is 1. The number of hydrogen-bond acceptors (Lipinski definition) is 8. The first-order valence-electron chi connectivity index (χ1n) is 18.5. The molecular formula is C44H52O8. The summed E-state index contributed by atoms with van der Waals surface area (Å²) in [6.45, 7) is 9.74. The van der Waals surface area contributed by atoms with Crippen LogP contribution in [-0.4, -0.2) is 55.8 Å². The van der Waals surface area contributed by atoms with E-state index in [0.29, 0.717) is 38.8 Å². The van der Waals surface area contributed by atoms with Gasteiger partial charge < -0.3 is 33.5 Å². The van der Waals surface area contributed by atoms with Crippen molar-refractivity contribution >= 4 is 5.97 Å². The Morgan fingerprint density at radius 2 is 1.46 bits per heavy atom. The van der Waals surface area contributed by atoms with Gasteiger partial charge in [-0.3, -0.25) is 4.79 Å². The zero-order valence-corrected chi connectivity index (χ0v) is 30.7. The maximum Gasteiger partial charge on any atom is 0.302 e. The van der Waals surface area contributed by atoms with Gasteiger partial charge in [-0.2, -0.15) is 0 Å². The summed E-state index contributed by atoms with van der Waals surface area (Å²) in [7, 11) is 0. The second-order valence-electron chi connectivity index (χ2n) is 14.1. The SMILES string of the molecule is CCOc1ccc(Cc2cc([C@@H]3O[C@H](COC(C)=O)[C@@H](OCc4ccccc4)[C@H](C)[C@H]3OCc3ccccc3)c(OCC3CC3CO)cc2C)cc1. The first-order chi connectivity index (χ1) is 25.3. The second-order valence-corrected chi connectivity index (χ2v) is 14.1. The fraction of sp³-hybridized carbons (Fsp3) is 0.432. The lowest BCUT2D eigenvalue weighted by atomic mass is 9.83. The molecule has 0 aromatic heterocycles. The van der Waals surface area contributed by atoms with Crippen LogP contribution in [0.2, 0.25) is 0 Å². The van der Waals surface area contributed by atoms with Gasteiger partial charge in [0.25, 0.3) is 0 Å². The van der Waals surface area contributed by atoms with Gasteiger partial charge in [0.05, 0.1) is 38.6 Å². The molecule has 0 radical (unpaired) electrons. The van der Waals surface area contributed by atoms with Crippen LogP contribution in [0.1, 0.15) is 66.7 Å². The van der Waals surface area contributed by atoms with E-state index in [9.17, 15) is 9.90 Å². The van der Waals surface area contributed by atoms with Crippen molar-refractivity contribution in [3.05, 3.63) is 130 Å². The van der Waals surface area contributed by atoms with Gasteiger partial charge in [-0.15, -0.1) is 0 Å². The first kappa shape index (κ1) is 37.5. The van der Waals surface area contributed by atoms with Crippen LogP contribution in [0.15, 0.2) is 97.1 Å². The van der Waals surface area contributed by atoms with Crippen molar-refractivity contribution in [2.24, 2.45) is 17.8 Å². The summed E-state index contributed by atoms with van der Waals surface area (Å²) in [5, 5.41) is 9.73. The monoisotopic (exact) mass is 708 g/mol. The minimum atomic E-state index is -0.560. The van der Waals surface area contributed by atoms with Gasteiger partial charge in [-0.05, 0) is 90.6 Å². The number of hydrogen-bond donors (Lipinski definition) is 1. The van der Waals surface area contributed by atoms with Crippen LogP contribution in [-0.2, 0) is 43.4 Å². The molecule has 8 heteroatoms. The molecule has 0 amide bonds. The molecule has 4 aromatic rings. The van der Waals surface area contributed by atoms with Crippen LogP contribution in [0.25, 0.3) is 0 Å². The van der Waals surface area contributed by atoms with E-state index in [0.717, 1.165) is 51.3 Å². The molecule has 1 saturated carbocycles. The van der Waals surface area contributed by atoms with Gasteiger partial charge in [-0.1, -0.05) is 79.7 Å². The number of ether oxygens (including phenoxy) is 6. The van der Waals surface area contributed by atoms with Crippen LogP contribution >= 0.6 is 0 Å². The van der Waals surface area contributed by atoms with E-state index in [-0.39, 0.29) is 31.0 Å². The minimum absolute atomic E-state index is 0.0440. The Bertz CT molecular complexity index is 1710. The fourth-order valence-electron chi connectivity index (χ4n) is 7.07. The largest absolute Gasteiger partial charge is 0.494 e. The maximum atomic E-state index is 12.1. The molecule has 1 heterocycles. The number of aliphatic hydroxyl groups is 1. The van der Waals surface area contributed by atoms with Crippen LogP contribution in [0, 0.1) is 24.7 Å². The maximum absolute atomic E-state index is 12.1. The Labute approximate surface area is 308 Å². The number of benzene rings is 4. The zero-order chi connectivity index (χ0) is 36.5. The predicted molar refractivity (Wildman–Crippen MR) is 199 cm³/mol. The highest BCUT2D eigenvalue weighted by Gasteiger charge is 2.47. The number of aliphatic hydroxyl groups excluding tert-OH is 1. The molecule has 0 spiro atoms. The highest BCUT2D eigenvalue weighted by molar-refractivity contribution is 5.65. The van der Waals surface area contributed by atoms with Crippen LogP contribution in [0.3, 0.4) is 0 Å². The second kappa shape index (κ2) is 18.0. The molecule has 1 aliphatic carbocycles. The molecule has 2 unspecified atom stereocenters. The fourth-order valence-corrected chi connectivity index (χ4v) is 7.07. The molecular weight excluding hydrogens is 656 g/mol. The molecule has 8 nitrogen and oxygen atoms in total. The molecule has 2 aliphatic rings. The number of carbonyl (C=O) groups is 1. The molecule has 276 valence electrons. The average molecular weight is 709 g/mol. The summed E-state index contributed by atoms with van der Waals surface area (Å²) in [4.78, 5) is 12.1. The zero-order valence-electron chi connectivity index (χ0n) is 30.7. The normalized spacial score (nSPS) is 23.9. The predicted octanol–water partition coefficient (Wildman–Crippen LogP) is 7.80. The van der Waals surface area contributed by atoms with Crippen molar-refractivity contribution in [2.75, 3.05) is 26.4 Å². The Morgan fingerprint density at radius 1 is 0.808 bits per heavy atom. The smallest absolute Gasteiger partial charge is 0.302 e. The Balaban J connectivity index is 1.37. The Morgan fingerprint density at radius 3 is 2.06 bits per heavy atom. The van der Waals surface area contributed by atoms with Crippen molar-refractivity contribution in [1.82, 2.24) is 0 Å². The summed E-state index contributed by atoms with van der Waals surface area (Å²) >= 11 is 0. The molecule has 52 heavy (non-hydrogen) atoms. The van der Waals surface area contributed by atoms with E-state index in [1.54, 1.807) is 0 Å². The molecule has 6 rings (SSSR count). The van der Waals surface area contributed by atoms with E-state index < -0.39 is 24.4 Å². The van der Waals surface area contributed by atoms with Crippen molar-refractivity contribution in [3.63, 3.8) is 0 Å². The van der Waals surface area contributed by atoms with Crippen molar-refractivity contribution in [1.29, 1.82) is 0 Å². The van der Waals surface area contributed by atoms with Gasteiger partial charge in [0.1, 0.15) is 30.3 Å². The number of carbonyl (C=O) groups excluding carboxylic acids is 1. The first-order valence-corrected chi connectivity index (χ1v) is 18.5. The molecule has 1 N–H and O–H groups in total. The molecule has 0 bridgehead atoms. The molecule has 2 fully saturated rings. The summed E-state index contributed by atoms with van der Waals surface area (Å²) in [5.74, 6) is 1.63. The van der Waals surface area contributed by atoms with E-state index in [2.05, 4.69) is 50.2 Å². The standard InChI is InChI=1S/C44H52O8/c1-5-47-38-18-16-32(17-19-38)21-35-23-39(40(20-29(35)2)49-27-37-22-36(37)24-45)44-43(51-26-34-14-10-7-11-15-34)30(3)42(41(52-44)28-48-31(4)46)50-25-33-12-8-6-9-13-33/h6-20,23,30,36-37,41-45H,5,21-22,24-28H2,1-4H3/t30-,36?,37?,41+,42-,43+,44-/m0/s1. The van der Waals surface area contributed by atoms with E-state index in [1.807, 2.05) is 67.6 Å². The van der Waals surface area contributed by atoms with Gasteiger partial charge >= 0.3 is 5.97 Å². The molecule has 1 saturated heterocycles. The van der Waals surface area contributed by atoms with Crippen molar-refractivity contribution < 1.29 is 38.3 Å². The highest BCUT2D eigenvalue weighted by atomic mass is 16.6. The van der Waals surface area contributed by atoms with Gasteiger partial charge in [0.15, 0.2) is 0 Å². The van der Waals surface area contributed by atoms with E-state index in [4.69, 9.17) is 28.4 Å². The lowest BCUT2D eigenvalue weighted by molar-refractivity contribution is -0.241. The van der Waals surface area contributed by atoms with Gasteiger partial charge in [0, 0.05) is 25.0 Å². The summed E-state index contributed by atoms with van der Waals surface area (Å²) in [5.41, 5.74) is 6.38. The van der Waals surface area contributed by atoms with E-state index in [1.165, 1.54) is 6.92 Å². The quantitative estimate of drug-likeness (QED) is 0.111. The topological polar surface area (TPSA) is 92.7 Å². The number of aryl methyl sites for hydroxylation is 1. The van der Waals surface area contributed by atoms with Gasteiger partial charge in [0.2, 0.25) is 0 Å². The lowest BCUT2D eigenvalue weighted by Crippen LogP contribution is -2.53. The third-order valence-electron chi connectivity index (χ3n) is 10.2. The van der Waals surface area contributed by atoms with Crippen LogP contribution in [0.4, 0.5) is 0 Å². The Kier molecular flexibility index (Phi) is 13.0. The van der Waals surface area contributed by atoms with E-state index >= 15 is 0 Å². The molecule has 4 aromatic carbocycles. The number of rotatable bonds is 17. The summed E-state index contributed by atoms with van der Waals surface area (Å²) in [6, 6.07) is 32.7. The molecule has 7 atom stereocenters. The summed E-state index contributed by atoms with van der Waals surface area (Å²) < 4.78 is 38.4. The van der Waals surface area contributed by atoms with Crippen molar-refractivity contribution in [3.8, 4) is 11.5 Å².